The quantitative estimate of drug-likeness (QED) is 0.899. The Hall–Kier alpha value is -2.82. The molecule has 0 saturated heterocycles. The minimum absolute atomic E-state index is 0.111. The number of para-hydroxylation sites is 1. The summed E-state index contributed by atoms with van der Waals surface area (Å²) in [4.78, 5) is 26.0. The molecule has 130 valence electrons. The number of benzene rings is 2. The number of rotatable bonds is 4. The van der Waals surface area contributed by atoms with Gasteiger partial charge in [0.2, 0.25) is 5.91 Å². The van der Waals surface area contributed by atoms with Crippen molar-refractivity contribution in [1.29, 1.82) is 0 Å². The summed E-state index contributed by atoms with van der Waals surface area (Å²) in [5.74, 6) is 0.111. The highest BCUT2D eigenvalue weighted by molar-refractivity contribution is 6.07. The van der Waals surface area contributed by atoms with Gasteiger partial charge in [0.05, 0.1) is 5.41 Å². The Morgan fingerprint density at radius 3 is 2.56 bits per heavy atom. The molecule has 0 spiro atoms. The standard InChI is InChI=1S/C20H23N3O2/c1-20(2)16-13-14(9-10-17(16)23(3)18(20)24)11-12-21-19(25)22-15-7-5-4-6-8-15/h4-10,13H,11-12H2,1-3H3,(H2,21,22,25). The van der Waals surface area contributed by atoms with E-state index in [2.05, 4.69) is 16.7 Å². The van der Waals surface area contributed by atoms with Gasteiger partial charge in [0.25, 0.3) is 0 Å². The predicted octanol–water partition coefficient (Wildman–Crippen LogP) is 3.30. The molecule has 0 aliphatic carbocycles. The molecule has 2 aromatic rings. The fourth-order valence-electron chi connectivity index (χ4n) is 3.19. The number of nitrogens with zero attached hydrogens (tertiary/aromatic N) is 1. The van der Waals surface area contributed by atoms with Crippen molar-refractivity contribution in [3.05, 3.63) is 59.7 Å². The van der Waals surface area contributed by atoms with Gasteiger partial charge in [-0.3, -0.25) is 4.79 Å². The van der Waals surface area contributed by atoms with Crippen molar-refractivity contribution in [1.82, 2.24) is 5.32 Å². The van der Waals surface area contributed by atoms with Gasteiger partial charge in [-0.2, -0.15) is 0 Å². The lowest BCUT2D eigenvalue weighted by atomic mass is 9.85. The lowest BCUT2D eigenvalue weighted by Gasteiger charge is -2.16. The fourth-order valence-corrected chi connectivity index (χ4v) is 3.19. The highest BCUT2D eigenvalue weighted by Crippen LogP contribution is 2.41. The molecule has 2 N–H and O–H groups in total. The van der Waals surface area contributed by atoms with E-state index in [9.17, 15) is 9.59 Å². The number of urea groups is 1. The summed E-state index contributed by atoms with van der Waals surface area (Å²) in [6, 6.07) is 15.2. The van der Waals surface area contributed by atoms with Crippen molar-refractivity contribution in [2.75, 3.05) is 23.8 Å². The number of hydrogen-bond donors (Lipinski definition) is 2. The lowest BCUT2D eigenvalue weighted by molar-refractivity contribution is -0.121. The number of nitrogens with one attached hydrogen (secondary N) is 2. The van der Waals surface area contributed by atoms with Crippen molar-refractivity contribution in [2.24, 2.45) is 0 Å². The zero-order valence-corrected chi connectivity index (χ0v) is 14.8. The average molecular weight is 337 g/mol. The third-order valence-electron chi connectivity index (χ3n) is 4.67. The number of hydrogen-bond acceptors (Lipinski definition) is 2. The largest absolute Gasteiger partial charge is 0.338 e. The Balaban J connectivity index is 1.59. The van der Waals surface area contributed by atoms with Gasteiger partial charge in [0, 0.05) is 25.0 Å². The second-order valence-electron chi connectivity index (χ2n) is 6.84. The first-order valence-electron chi connectivity index (χ1n) is 8.41. The van der Waals surface area contributed by atoms with E-state index in [-0.39, 0.29) is 11.9 Å². The van der Waals surface area contributed by atoms with Gasteiger partial charge in [0.15, 0.2) is 0 Å². The molecule has 2 aromatic carbocycles. The first-order chi connectivity index (χ1) is 11.9. The van der Waals surface area contributed by atoms with Gasteiger partial charge >= 0.3 is 6.03 Å². The van der Waals surface area contributed by atoms with Crippen LogP contribution in [0.15, 0.2) is 48.5 Å². The zero-order valence-electron chi connectivity index (χ0n) is 14.8. The number of amides is 3. The highest BCUT2D eigenvalue weighted by Gasteiger charge is 2.42. The van der Waals surface area contributed by atoms with Crippen LogP contribution in [0, 0.1) is 0 Å². The molecular formula is C20H23N3O2. The van der Waals surface area contributed by atoms with Crippen LogP contribution in [0.25, 0.3) is 0 Å². The molecule has 25 heavy (non-hydrogen) atoms. The number of carbonyl (C=O) groups is 2. The normalized spacial score (nSPS) is 15.0. The molecule has 0 atom stereocenters. The molecule has 3 amide bonds. The van der Waals surface area contributed by atoms with Gasteiger partial charge < -0.3 is 15.5 Å². The van der Waals surface area contributed by atoms with Gasteiger partial charge in [-0.15, -0.1) is 0 Å². The molecule has 3 rings (SSSR count). The molecule has 5 nitrogen and oxygen atoms in total. The summed E-state index contributed by atoms with van der Waals surface area (Å²) in [6.45, 7) is 4.43. The number of fused-ring (bicyclic) bond motifs is 1. The van der Waals surface area contributed by atoms with Crippen molar-refractivity contribution in [3.63, 3.8) is 0 Å². The Bertz CT molecular complexity index is 800. The van der Waals surface area contributed by atoms with Gasteiger partial charge in [-0.05, 0) is 49.6 Å². The summed E-state index contributed by atoms with van der Waals surface area (Å²) >= 11 is 0. The van der Waals surface area contributed by atoms with Gasteiger partial charge in [-0.25, -0.2) is 4.79 Å². The molecule has 0 aromatic heterocycles. The molecule has 5 heteroatoms. The first kappa shape index (κ1) is 17.0. The number of carbonyl (C=O) groups excluding carboxylic acids is 2. The van der Waals surface area contributed by atoms with Crippen molar-refractivity contribution in [3.8, 4) is 0 Å². The minimum Gasteiger partial charge on any atom is -0.338 e. The van der Waals surface area contributed by atoms with Crippen molar-refractivity contribution in [2.45, 2.75) is 25.7 Å². The topological polar surface area (TPSA) is 61.4 Å². The second kappa shape index (κ2) is 6.59. The molecular weight excluding hydrogens is 314 g/mol. The maximum absolute atomic E-state index is 12.3. The van der Waals surface area contributed by atoms with E-state index in [1.165, 1.54) is 0 Å². The van der Waals surface area contributed by atoms with Crippen LogP contribution in [0.1, 0.15) is 25.0 Å². The Kier molecular flexibility index (Phi) is 4.49. The molecule has 1 heterocycles. The Labute approximate surface area is 148 Å². The van der Waals surface area contributed by atoms with Crippen LogP contribution >= 0.6 is 0 Å². The van der Waals surface area contributed by atoms with Gasteiger partial charge in [-0.1, -0.05) is 30.3 Å². The zero-order chi connectivity index (χ0) is 18.0. The third kappa shape index (κ3) is 3.36. The van der Waals surface area contributed by atoms with E-state index in [0.717, 1.165) is 22.5 Å². The third-order valence-corrected chi connectivity index (χ3v) is 4.67. The van der Waals surface area contributed by atoms with E-state index >= 15 is 0 Å². The predicted molar refractivity (Wildman–Crippen MR) is 100 cm³/mol. The lowest BCUT2D eigenvalue weighted by Crippen LogP contribution is -2.33. The van der Waals surface area contributed by atoms with Crippen LogP contribution in [-0.2, 0) is 16.6 Å². The van der Waals surface area contributed by atoms with E-state index in [0.29, 0.717) is 13.0 Å². The van der Waals surface area contributed by atoms with E-state index < -0.39 is 5.41 Å². The fraction of sp³-hybridized carbons (Fsp3) is 0.300. The average Bonchev–Trinajstić information content (AvgIpc) is 2.76. The van der Waals surface area contributed by atoms with Crippen LogP contribution in [0.3, 0.4) is 0 Å². The molecule has 1 aliphatic rings. The maximum Gasteiger partial charge on any atom is 0.319 e. The summed E-state index contributed by atoms with van der Waals surface area (Å²) in [5.41, 5.74) is 3.38. The number of likely N-dealkylation sites (N-methyl/N-ethyl adjacent to an activating group) is 1. The molecule has 0 fully saturated rings. The molecule has 0 bridgehead atoms. The Morgan fingerprint density at radius 1 is 1.12 bits per heavy atom. The summed E-state index contributed by atoms with van der Waals surface area (Å²) in [5, 5.41) is 5.65. The SMILES string of the molecule is CN1C(=O)C(C)(C)c2cc(CCNC(=O)Nc3ccccc3)ccc21. The summed E-state index contributed by atoms with van der Waals surface area (Å²) < 4.78 is 0. The van der Waals surface area contributed by atoms with E-state index in [4.69, 9.17) is 0 Å². The second-order valence-corrected chi connectivity index (χ2v) is 6.84. The highest BCUT2D eigenvalue weighted by atomic mass is 16.2. The van der Waals surface area contributed by atoms with Crippen molar-refractivity contribution >= 4 is 23.3 Å². The van der Waals surface area contributed by atoms with Crippen LogP contribution in [0.4, 0.5) is 16.2 Å². The van der Waals surface area contributed by atoms with Crippen LogP contribution in [0.2, 0.25) is 0 Å². The monoisotopic (exact) mass is 337 g/mol. The maximum atomic E-state index is 12.3. The molecule has 0 unspecified atom stereocenters. The van der Waals surface area contributed by atoms with Crippen LogP contribution in [-0.4, -0.2) is 25.5 Å². The van der Waals surface area contributed by atoms with E-state index in [1.807, 2.05) is 63.4 Å². The minimum atomic E-state index is -0.502. The molecule has 0 radical (unpaired) electrons. The number of anilines is 2. The van der Waals surface area contributed by atoms with Crippen molar-refractivity contribution < 1.29 is 9.59 Å². The molecule has 1 aliphatic heterocycles. The Morgan fingerprint density at radius 2 is 1.84 bits per heavy atom. The first-order valence-corrected chi connectivity index (χ1v) is 8.41. The summed E-state index contributed by atoms with van der Waals surface area (Å²) in [7, 11) is 1.81. The van der Waals surface area contributed by atoms with E-state index in [1.54, 1.807) is 4.90 Å². The molecule has 0 saturated carbocycles. The summed E-state index contributed by atoms with van der Waals surface area (Å²) in [6.07, 6.45) is 0.712. The van der Waals surface area contributed by atoms with Crippen LogP contribution in [0.5, 0.6) is 0 Å². The van der Waals surface area contributed by atoms with Crippen LogP contribution < -0.4 is 15.5 Å². The van der Waals surface area contributed by atoms with Gasteiger partial charge in [0.1, 0.15) is 0 Å². The smallest absolute Gasteiger partial charge is 0.319 e.